The van der Waals surface area contributed by atoms with Crippen LogP contribution in [0.2, 0.25) is 0 Å². The van der Waals surface area contributed by atoms with Crippen molar-refractivity contribution in [1.29, 1.82) is 0 Å². The number of rotatable bonds is 5. The molecule has 136 valence electrons. The van der Waals surface area contributed by atoms with Crippen LogP contribution in [0.4, 0.5) is 0 Å². The third kappa shape index (κ3) is 2.92. The standard InChI is InChI=1S/C19H27N3O3/c1-3-23-17-10-16(19(17)7-4-8-19)22-18(20-2)21-11-13-5-6-14-15(9-13)25-12-24-14/h5-6,9,16-17H,3-4,7-8,10-12H2,1-2H3,(H2,20,21,22). The fraction of sp³-hybridized carbons (Fsp3) is 0.632. The predicted molar refractivity (Wildman–Crippen MR) is 96.0 cm³/mol. The van der Waals surface area contributed by atoms with Crippen LogP contribution >= 0.6 is 0 Å². The van der Waals surface area contributed by atoms with Crippen LogP contribution in [0.25, 0.3) is 0 Å². The molecule has 1 aliphatic heterocycles. The quantitative estimate of drug-likeness (QED) is 0.634. The van der Waals surface area contributed by atoms with Crippen LogP contribution in [0.5, 0.6) is 11.5 Å². The van der Waals surface area contributed by atoms with E-state index in [1.54, 1.807) is 0 Å². The molecule has 2 unspecified atom stereocenters. The summed E-state index contributed by atoms with van der Waals surface area (Å²) in [4.78, 5) is 4.39. The summed E-state index contributed by atoms with van der Waals surface area (Å²) in [5.41, 5.74) is 1.47. The maximum absolute atomic E-state index is 5.93. The van der Waals surface area contributed by atoms with Gasteiger partial charge in [-0.15, -0.1) is 0 Å². The SMILES string of the molecule is CCOC1CC(NC(=NC)NCc2ccc3c(c2)OCO3)C12CCC2. The highest BCUT2D eigenvalue weighted by Crippen LogP contribution is 2.57. The van der Waals surface area contributed by atoms with Gasteiger partial charge in [-0.1, -0.05) is 12.5 Å². The molecule has 0 aromatic heterocycles. The van der Waals surface area contributed by atoms with Crippen molar-refractivity contribution in [3.8, 4) is 11.5 Å². The molecular formula is C19H27N3O3. The fourth-order valence-corrected chi connectivity index (χ4v) is 4.24. The molecule has 0 amide bonds. The van der Waals surface area contributed by atoms with E-state index in [2.05, 4.69) is 28.6 Å². The lowest BCUT2D eigenvalue weighted by Crippen LogP contribution is -2.68. The Bertz CT molecular complexity index is 657. The van der Waals surface area contributed by atoms with Crippen molar-refractivity contribution < 1.29 is 14.2 Å². The average Bonchev–Trinajstić information content (AvgIpc) is 3.02. The highest BCUT2D eigenvalue weighted by molar-refractivity contribution is 5.80. The Labute approximate surface area is 148 Å². The number of hydrogen-bond acceptors (Lipinski definition) is 4. The number of nitrogens with one attached hydrogen (secondary N) is 2. The second kappa shape index (κ2) is 6.75. The number of fused-ring (bicyclic) bond motifs is 1. The first kappa shape index (κ1) is 16.5. The van der Waals surface area contributed by atoms with E-state index in [0.717, 1.165) is 36.0 Å². The highest BCUT2D eigenvalue weighted by atomic mass is 16.7. The molecule has 2 fully saturated rings. The zero-order valence-electron chi connectivity index (χ0n) is 15.0. The zero-order chi connectivity index (χ0) is 17.3. The third-order valence-electron chi connectivity index (χ3n) is 5.87. The number of ether oxygens (including phenoxy) is 3. The van der Waals surface area contributed by atoms with Crippen molar-refractivity contribution in [1.82, 2.24) is 10.6 Å². The summed E-state index contributed by atoms with van der Waals surface area (Å²) in [7, 11) is 1.82. The molecule has 0 bridgehead atoms. The molecule has 1 spiro atoms. The van der Waals surface area contributed by atoms with E-state index in [1.165, 1.54) is 19.3 Å². The van der Waals surface area contributed by atoms with Gasteiger partial charge in [-0.25, -0.2) is 0 Å². The minimum Gasteiger partial charge on any atom is -0.454 e. The van der Waals surface area contributed by atoms with Gasteiger partial charge in [0.1, 0.15) is 0 Å². The van der Waals surface area contributed by atoms with Crippen molar-refractivity contribution in [2.75, 3.05) is 20.4 Å². The van der Waals surface area contributed by atoms with E-state index < -0.39 is 0 Å². The summed E-state index contributed by atoms with van der Waals surface area (Å²) in [6, 6.07) is 6.48. The Balaban J connectivity index is 1.33. The molecule has 2 saturated carbocycles. The monoisotopic (exact) mass is 345 g/mol. The first-order chi connectivity index (χ1) is 12.2. The van der Waals surface area contributed by atoms with Gasteiger partial charge in [-0.3, -0.25) is 4.99 Å². The Hall–Kier alpha value is -1.95. The molecular weight excluding hydrogens is 318 g/mol. The molecule has 0 radical (unpaired) electrons. The van der Waals surface area contributed by atoms with Crippen molar-refractivity contribution in [2.24, 2.45) is 10.4 Å². The van der Waals surface area contributed by atoms with Gasteiger partial charge in [0.05, 0.1) is 6.10 Å². The van der Waals surface area contributed by atoms with E-state index in [9.17, 15) is 0 Å². The van der Waals surface area contributed by atoms with Crippen molar-refractivity contribution in [2.45, 2.75) is 51.3 Å². The molecule has 1 aromatic carbocycles. The van der Waals surface area contributed by atoms with Gasteiger partial charge in [0.2, 0.25) is 6.79 Å². The van der Waals surface area contributed by atoms with Crippen molar-refractivity contribution in [3.63, 3.8) is 0 Å². The maximum Gasteiger partial charge on any atom is 0.231 e. The lowest BCUT2D eigenvalue weighted by molar-refractivity contribution is -0.168. The predicted octanol–water partition coefficient (Wildman–Crippen LogP) is 2.43. The summed E-state index contributed by atoms with van der Waals surface area (Å²) in [5, 5.41) is 7.02. The summed E-state index contributed by atoms with van der Waals surface area (Å²) in [6.07, 6.45) is 5.31. The number of aliphatic imine (C=N–C) groups is 1. The molecule has 6 heteroatoms. The molecule has 2 atom stereocenters. The van der Waals surface area contributed by atoms with Crippen molar-refractivity contribution >= 4 is 5.96 Å². The molecule has 2 N–H and O–H groups in total. The van der Waals surface area contributed by atoms with Crippen LogP contribution in [-0.4, -0.2) is 38.6 Å². The lowest BCUT2D eigenvalue weighted by Gasteiger charge is -2.61. The Kier molecular flexibility index (Phi) is 4.46. The molecule has 6 nitrogen and oxygen atoms in total. The fourth-order valence-electron chi connectivity index (χ4n) is 4.24. The molecule has 2 aliphatic carbocycles. The minimum atomic E-state index is 0.306. The number of hydrogen-bond donors (Lipinski definition) is 2. The van der Waals surface area contributed by atoms with Gasteiger partial charge < -0.3 is 24.8 Å². The zero-order valence-corrected chi connectivity index (χ0v) is 15.0. The molecule has 25 heavy (non-hydrogen) atoms. The normalized spacial score (nSPS) is 26.1. The number of benzene rings is 1. The van der Waals surface area contributed by atoms with Crippen LogP contribution in [0, 0.1) is 5.41 Å². The van der Waals surface area contributed by atoms with E-state index in [1.807, 2.05) is 19.2 Å². The maximum atomic E-state index is 5.93. The van der Waals surface area contributed by atoms with Gasteiger partial charge in [0.15, 0.2) is 17.5 Å². The third-order valence-corrected chi connectivity index (χ3v) is 5.87. The largest absolute Gasteiger partial charge is 0.454 e. The van der Waals surface area contributed by atoms with Crippen LogP contribution < -0.4 is 20.1 Å². The molecule has 1 heterocycles. The Morgan fingerprint density at radius 3 is 2.88 bits per heavy atom. The van der Waals surface area contributed by atoms with E-state index >= 15 is 0 Å². The smallest absolute Gasteiger partial charge is 0.231 e. The highest BCUT2D eigenvalue weighted by Gasteiger charge is 2.59. The van der Waals surface area contributed by atoms with Gasteiger partial charge in [0.25, 0.3) is 0 Å². The second-order valence-corrected chi connectivity index (χ2v) is 7.08. The molecule has 0 saturated heterocycles. The topological polar surface area (TPSA) is 64.1 Å². The lowest BCUT2D eigenvalue weighted by atomic mass is 9.51. The summed E-state index contributed by atoms with van der Waals surface area (Å²) in [5.74, 6) is 2.48. The number of nitrogens with zero attached hydrogens (tertiary/aromatic N) is 1. The molecule has 3 aliphatic rings. The Morgan fingerprint density at radius 1 is 1.32 bits per heavy atom. The van der Waals surface area contributed by atoms with E-state index in [4.69, 9.17) is 14.2 Å². The van der Waals surface area contributed by atoms with Gasteiger partial charge in [-0.2, -0.15) is 0 Å². The molecule has 4 rings (SSSR count). The van der Waals surface area contributed by atoms with Crippen LogP contribution in [-0.2, 0) is 11.3 Å². The second-order valence-electron chi connectivity index (χ2n) is 7.08. The summed E-state index contributed by atoms with van der Waals surface area (Å²) in [6.45, 7) is 3.89. The average molecular weight is 345 g/mol. The van der Waals surface area contributed by atoms with Crippen LogP contribution in [0.3, 0.4) is 0 Å². The van der Waals surface area contributed by atoms with Gasteiger partial charge >= 0.3 is 0 Å². The van der Waals surface area contributed by atoms with E-state index in [-0.39, 0.29) is 0 Å². The van der Waals surface area contributed by atoms with Gasteiger partial charge in [0, 0.05) is 31.7 Å². The minimum absolute atomic E-state index is 0.306. The Morgan fingerprint density at radius 2 is 2.16 bits per heavy atom. The van der Waals surface area contributed by atoms with Gasteiger partial charge in [-0.05, 0) is 43.9 Å². The van der Waals surface area contributed by atoms with Crippen LogP contribution in [0.15, 0.2) is 23.2 Å². The summed E-state index contributed by atoms with van der Waals surface area (Å²) >= 11 is 0. The first-order valence-electron chi connectivity index (χ1n) is 9.22. The summed E-state index contributed by atoms with van der Waals surface area (Å²) < 4.78 is 16.7. The van der Waals surface area contributed by atoms with Crippen LogP contribution in [0.1, 0.15) is 38.2 Å². The number of guanidine groups is 1. The van der Waals surface area contributed by atoms with E-state index in [0.29, 0.717) is 30.9 Å². The molecule has 1 aromatic rings. The van der Waals surface area contributed by atoms with Crippen molar-refractivity contribution in [3.05, 3.63) is 23.8 Å². The first-order valence-corrected chi connectivity index (χ1v) is 9.22.